The standard InChI is InChI=1S/C17H10BrN3O3.C12H16N4O/c18-9-5-6-10-13(7-9)15(22)20-19-14(10)8-21-16(23)11-3-1-2-4-12(11)17(21)24;1-2-5-14-8-3-4-9-10(6-8)12(17)16-15-11(9)7-13/h1-7H,8H2,(H,20,22);3-4,6,14H,2,5,7,13H2,1H3,(H,16,17). The van der Waals surface area contributed by atoms with Crippen molar-refractivity contribution < 1.29 is 9.59 Å². The van der Waals surface area contributed by atoms with Gasteiger partial charge in [-0.3, -0.25) is 24.1 Å². The van der Waals surface area contributed by atoms with Crippen molar-refractivity contribution in [1.29, 1.82) is 0 Å². The van der Waals surface area contributed by atoms with Crippen LogP contribution in [0.15, 0.2) is 74.7 Å². The van der Waals surface area contributed by atoms with Crippen LogP contribution in [0.25, 0.3) is 21.5 Å². The van der Waals surface area contributed by atoms with Crippen LogP contribution in [0.3, 0.4) is 0 Å². The van der Waals surface area contributed by atoms with Crippen LogP contribution in [0.5, 0.6) is 0 Å². The molecule has 2 aromatic heterocycles. The van der Waals surface area contributed by atoms with Crippen molar-refractivity contribution in [2.75, 3.05) is 11.9 Å². The largest absolute Gasteiger partial charge is 0.385 e. The number of aromatic nitrogens is 4. The van der Waals surface area contributed by atoms with E-state index in [2.05, 4.69) is 48.6 Å². The summed E-state index contributed by atoms with van der Waals surface area (Å²) in [5, 5.41) is 18.6. The Morgan fingerprint density at radius 3 is 2.02 bits per heavy atom. The van der Waals surface area contributed by atoms with Crippen molar-refractivity contribution in [3.8, 4) is 0 Å². The Bertz CT molecular complexity index is 1880. The van der Waals surface area contributed by atoms with E-state index < -0.39 is 0 Å². The number of amides is 2. The highest BCUT2D eigenvalue weighted by Crippen LogP contribution is 2.26. The average molecular weight is 616 g/mol. The molecule has 1 aliphatic heterocycles. The fourth-order valence-corrected chi connectivity index (χ4v) is 4.97. The Labute approximate surface area is 241 Å². The number of imide groups is 1. The Kier molecular flexibility index (Phi) is 8.04. The minimum absolute atomic E-state index is 0.00125. The number of nitrogens with one attached hydrogen (secondary N) is 3. The number of nitrogens with two attached hydrogens (primary N) is 1. The van der Waals surface area contributed by atoms with Gasteiger partial charge in [-0.25, -0.2) is 10.2 Å². The molecule has 11 nitrogen and oxygen atoms in total. The molecule has 0 unspecified atom stereocenters. The summed E-state index contributed by atoms with van der Waals surface area (Å²) in [6.07, 6.45) is 1.04. The fourth-order valence-electron chi connectivity index (χ4n) is 4.61. The van der Waals surface area contributed by atoms with Crippen LogP contribution in [0.4, 0.5) is 5.69 Å². The maximum Gasteiger partial charge on any atom is 0.272 e. The average Bonchev–Trinajstić information content (AvgIpc) is 3.23. The van der Waals surface area contributed by atoms with Gasteiger partial charge in [0.1, 0.15) is 0 Å². The molecule has 0 radical (unpaired) electrons. The first kappa shape index (κ1) is 27.9. The molecular weight excluding hydrogens is 590 g/mol. The van der Waals surface area contributed by atoms with Crippen molar-refractivity contribution in [2.45, 2.75) is 26.4 Å². The van der Waals surface area contributed by atoms with Gasteiger partial charge in [0.05, 0.1) is 39.8 Å². The van der Waals surface area contributed by atoms with Gasteiger partial charge in [0.25, 0.3) is 22.9 Å². The molecule has 0 spiro atoms. The van der Waals surface area contributed by atoms with Gasteiger partial charge in [0.15, 0.2) is 0 Å². The van der Waals surface area contributed by atoms with Gasteiger partial charge in [-0.1, -0.05) is 47.1 Å². The number of hydrogen-bond acceptors (Lipinski definition) is 8. The second-order valence-electron chi connectivity index (χ2n) is 9.32. The van der Waals surface area contributed by atoms with Gasteiger partial charge in [-0.05, 0) is 42.8 Å². The normalized spacial score (nSPS) is 12.4. The van der Waals surface area contributed by atoms with Gasteiger partial charge < -0.3 is 11.1 Å². The second-order valence-corrected chi connectivity index (χ2v) is 10.2. The first-order valence-electron chi connectivity index (χ1n) is 12.9. The van der Waals surface area contributed by atoms with Crippen LogP contribution in [-0.4, -0.2) is 43.7 Å². The molecule has 2 amide bonds. The van der Waals surface area contributed by atoms with E-state index in [1.165, 1.54) is 0 Å². The number of rotatable bonds is 6. The summed E-state index contributed by atoms with van der Waals surface area (Å²) in [6, 6.07) is 17.6. The molecule has 5 N–H and O–H groups in total. The van der Waals surface area contributed by atoms with Crippen molar-refractivity contribution in [1.82, 2.24) is 25.3 Å². The molecule has 12 heteroatoms. The highest BCUT2D eigenvalue weighted by atomic mass is 79.9. The molecule has 0 saturated carbocycles. The molecule has 41 heavy (non-hydrogen) atoms. The van der Waals surface area contributed by atoms with Crippen molar-refractivity contribution in [3.63, 3.8) is 0 Å². The third-order valence-corrected chi connectivity index (χ3v) is 7.15. The minimum atomic E-state index is -0.353. The SMILES string of the molecule is CCCNc1ccc2c(CN)n[nH]c(=O)c2c1.O=C1c2ccccc2C(=O)N1Cc1n[nH]c(=O)c2cc(Br)ccc12. The zero-order valence-electron chi connectivity index (χ0n) is 22.0. The van der Waals surface area contributed by atoms with Crippen LogP contribution in [0.1, 0.15) is 45.4 Å². The van der Waals surface area contributed by atoms with E-state index in [9.17, 15) is 19.2 Å². The predicted molar refractivity (Wildman–Crippen MR) is 160 cm³/mol. The van der Waals surface area contributed by atoms with Gasteiger partial charge in [-0.2, -0.15) is 10.2 Å². The molecule has 5 aromatic rings. The molecule has 0 aliphatic carbocycles. The Hall–Kier alpha value is -4.68. The van der Waals surface area contributed by atoms with Crippen LogP contribution < -0.4 is 22.2 Å². The highest BCUT2D eigenvalue weighted by Gasteiger charge is 2.35. The zero-order valence-corrected chi connectivity index (χ0v) is 23.6. The van der Waals surface area contributed by atoms with E-state index >= 15 is 0 Å². The molecule has 1 aliphatic rings. The molecule has 0 saturated heterocycles. The number of hydrogen-bond donors (Lipinski definition) is 4. The van der Waals surface area contributed by atoms with Crippen molar-refractivity contribution >= 4 is 55.0 Å². The number of carbonyl (C=O) groups is 2. The summed E-state index contributed by atoms with van der Waals surface area (Å²) < 4.78 is 0.762. The fraction of sp³-hybridized carbons (Fsp3) is 0.172. The second kappa shape index (κ2) is 11.8. The predicted octanol–water partition coefficient (Wildman–Crippen LogP) is 3.69. The maximum absolute atomic E-state index is 12.5. The molecule has 0 bridgehead atoms. The number of halogens is 1. The van der Waals surface area contributed by atoms with Gasteiger partial charge in [0.2, 0.25) is 0 Å². The van der Waals surface area contributed by atoms with Crippen molar-refractivity contribution in [2.24, 2.45) is 5.73 Å². The molecule has 208 valence electrons. The summed E-state index contributed by atoms with van der Waals surface area (Å²) in [5.74, 6) is -0.706. The summed E-state index contributed by atoms with van der Waals surface area (Å²) in [6.45, 7) is 3.30. The number of nitrogens with zero attached hydrogens (tertiary/aromatic N) is 3. The van der Waals surface area contributed by atoms with Crippen LogP contribution in [-0.2, 0) is 13.1 Å². The molecule has 6 rings (SSSR count). The van der Waals surface area contributed by atoms with Gasteiger partial charge >= 0.3 is 0 Å². The molecular formula is C29H26BrN7O4. The number of anilines is 1. The number of carbonyl (C=O) groups excluding carboxylic acids is 2. The van der Waals surface area contributed by atoms with E-state index in [-0.39, 0.29) is 29.5 Å². The Morgan fingerprint density at radius 2 is 1.39 bits per heavy atom. The molecule has 3 heterocycles. The molecule has 0 atom stereocenters. The van der Waals surface area contributed by atoms with Gasteiger partial charge in [0, 0.05) is 34.0 Å². The number of aromatic amines is 2. The lowest BCUT2D eigenvalue weighted by Crippen LogP contribution is -2.30. The van der Waals surface area contributed by atoms with E-state index in [0.29, 0.717) is 45.2 Å². The Morgan fingerprint density at radius 1 is 0.805 bits per heavy atom. The molecule has 3 aromatic carbocycles. The lowest BCUT2D eigenvalue weighted by atomic mass is 10.1. The van der Waals surface area contributed by atoms with Crippen LogP contribution in [0, 0.1) is 0 Å². The van der Waals surface area contributed by atoms with Crippen LogP contribution in [0.2, 0.25) is 0 Å². The maximum atomic E-state index is 12.5. The zero-order chi connectivity index (χ0) is 29.1. The lowest BCUT2D eigenvalue weighted by molar-refractivity contribution is 0.0640. The summed E-state index contributed by atoms with van der Waals surface area (Å²) in [5.41, 5.74) is 7.97. The van der Waals surface area contributed by atoms with Crippen LogP contribution >= 0.6 is 15.9 Å². The topological polar surface area (TPSA) is 167 Å². The lowest BCUT2D eigenvalue weighted by Gasteiger charge is -2.14. The Balaban J connectivity index is 0.000000175. The number of benzene rings is 3. The quantitative estimate of drug-likeness (QED) is 0.210. The molecule has 0 fully saturated rings. The number of H-pyrrole nitrogens is 2. The van der Waals surface area contributed by atoms with E-state index in [4.69, 9.17) is 5.73 Å². The third kappa shape index (κ3) is 5.52. The summed E-state index contributed by atoms with van der Waals surface area (Å²) in [7, 11) is 0. The first-order chi connectivity index (χ1) is 19.8. The van der Waals surface area contributed by atoms with E-state index in [1.807, 2.05) is 18.2 Å². The minimum Gasteiger partial charge on any atom is -0.385 e. The van der Waals surface area contributed by atoms with Crippen molar-refractivity contribution in [3.05, 3.63) is 108 Å². The smallest absolute Gasteiger partial charge is 0.272 e. The third-order valence-electron chi connectivity index (χ3n) is 6.66. The highest BCUT2D eigenvalue weighted by molar-refractivity contribution is 9.10. The van der Waals surface area contributed by atoms with E-state index in [1.54, 1.807) is 42.5 Å². The summed E-state index contributed by atoms with van der Waals surface area (Å²) >= 11 is 3.33. The van der Waals surface area contributed by atoms with Gasteiger partial charge in [-0.15, -0.1) is 0 Å². The first-order valence-corrected chi connectivity index (χ1v) is 13.7. The number of fused-ring (bicyclic) bond motifs is 3. The van der Waals surface area contributed by atoms with E-state index in [0.717, 1.165) is 33.4 Å². The summed E-state index contributed by atoms with van der Waals surface area (Å²) in [4.78, 5) is 49.7. The monoisotopic (exact) mass is 615 g/mol.